The Morgan fingerprint density at radius 1 is 0.559 bits per heavy atom. The van der Waals surface area contributed by atoms with Crippen LogP contribution in [0.1, 0.15) is 58.1 Å². The number of rotatable bonds is 3. The molecule has 6 nitrogen and oxygen atoms in total. The quantitative estimate of drug-likeness (QED) is 0.247. The summed E-state index contributed by atoms with van der Waals surface area (Å²) in [6.45, 7) is 1.97. The van der Waals surface area contributed by atoms with Crippen molar-refractivity contribution in [1.82, 2.24) is 0 Å². The third-order valence-electron chi connectivity index (χ3n) is 6.74. The van der Waals surface area contributed by atoms with Gasteiger partial charge >= 0.3 is 0 Å². The normalized spacial score (nSPS) is 17.6. The maximum absolute atomic E-state index is 11.1. The second-order valence-electron chi connectivity index (χ2n) is 8.82. The summed E-state index contributed by atoms with van der Waals surface area (Å²) in [6, 6.07) is 19.1. The van der Waals surface area contributed by atoms with Crippen LogP contribution in [0, 0.1) is 0 Å². The summed E-state index contributed by atoms with van der Waals surface area (Å²) >= 11 is 0. The van der Waals surface area contributed by atoms with Crippen LogP contribution < -0.4 is 0 Å². The van der Waals surface area contributed by atoms with Crippen LogP contribution in [0.15, 0.2) is 72.8 Å². The van der Waals surface area contributed by atoms with Gasteiger partial charge in [-0.2, -0.15) is 0 Å². The molecule has 0 saturated carbocycles. The molecular weight excluding hydrogens is 432 g/mol. The van der Waals surface area contributed by atoms with Crippen LogP contribution in [0.3, 0.4) is 0 Å². The average molecular weight is 456 g/mol. The van der Waals surface area contributed by atoms with Gasteiger partial charge in [0.2, 0.25) is 0 Å². The van der Waals surface area contributed by atoms with Crippen LogP contribution in [-0.2, 0) is 0 Å². The molecule has 0 amide bonds. The Bertz CT molecular complexity index is 1380. The topological polar surface area (TPSA) is 121 Å². The van der Waals surface area contributed by atoms with E-state index < -0.39 is 11.8 Å². The number of benzene rings is 4. The highest BCUT2D eigenvalue weighted by Gasteiger charge is 2.40. The highest BCUT2D eigenvalue weighted by Crippen LogP contribution is 2.57. The number of hydrogen-bond acceptors (Lipinski definition) is 6. The minimum atomic E-state index is -0.563. The Balaban J connectivity index is 1.83. The van der Waals surface area contributed by atoms with Gasteiger partial charge in [-0.05, 0) is 64.6 Å². The molecule has 34 heavy (non-hydrogen) atoms. The highest BCUT2D eigenvalue weighted by molar-refractivity contribution is 5.67. The van der Waals surface area contributed by atoms with Gasteiger partial charge in [0.1, 0.15) is 34.5 Å². The molecule has 6 N–H and O–H groups in total. The fourth-order valence-electron chi connectivity index (χ4n) is 5.25. The summed E-state index contributed by atoms with van der Waals surface area (Å²) in [5, 5.41) is 62.4. The van der Waals surface area contributed by atoms with Crippen LogP contribution >= 0.6 is 0 Å². The zero-order valence-corrected chi connectivity index (χ0v) is 18.3. The summed E-state index contributed by atoms with van der Waals surface area (Å²) < 4.78 is 0. The van der Waals surface area contributed by atoms with Crippen molar-refractivity contribution in [3.63, 3.8) is 0 Å². The van der Waals surface area contributed by atoms with Crippen molar-refractivity contribution < 1.29 is 30.6 Å². The predicted octanol–water partition coefficient (Wildman–Crippen LogP) is 5.35. The highest BCUT2D eigenvalue weighted by atomic mass is 16.3. The first-order valence-electron chi connectivity index (χ1n) is 10.9. The fraction of sp³-hybridized carbons (Fsp3) is 0.143. The van der Waals surface area contributed by atoms with Crippen molar-refractivity contribution >= 4 is 0 Å². The van der Waals surface area contributed by atoms with Crippen molar-refractivity contribution in [2.45, 2.75) is 24.7 Å². The minimum Gasteiger partial charge on any atom is -0.508 e. The molecule has 0 aromatic heterocycles. The molecule has 0 radical (unpaired) electrons. The summed E-state index contributed by atoms with van der Waals surface area (Å²) in [5.41, 5.74) is 4.02. The number of aromatic hydroxyl groups is 6. The molecule has 172 valence electrons. The van der Waals surface area contributed by atoms with Gasteiger partial charge in [0.15, 0.2) is 0 Å². The van der Waals surface area contributed by atoms with Crippen molar-refractivity contribution in [3.8, 4) is 34.5 Å². The molecular formula is C28H24O6. The Labute approximate surface area is 196 Å². The Kier molecular flexibility index (Phi) is 5.01. The molecule has 1 aliphatic rings. The van der Waals surface area contributed by atoms with Crippen LogP contribution in [0.25, 0.3) is 0 Å². The second-order valence-corrected chi connectivity index (χ2v) is 8.82. The van der Waals surface area contributed by atoms with Gasteiger partial charge in [0, 0.05) is 35.1 Å². The number of phenols is 6. The van der Waals surface area contributed by atoms with Crippen molar-refractivity contribution in [2.75, 3.05) is 0 Å². The van der Waals surface area contributed by atoms with Gasteiger partial charge in [0.25, 0.3) is 0 Å². The van der Waals surface area contributed by atoms with Gasteiger partial charge < -0.3 is 30.6 Å². The first-order valence-corrected chi connectivity index (χ1v) is 10.9. The van der Waals surface area contributed by atoms with E-state index in [0.717, 1.165) is 11.1 Å². The zero-order chi connectivity index (χ0) is 24.1. The number of fused-ring (bicyclic) bond motifs is 2. The lowest BCUT2D eigenvalue weighted by atomic mass is 9.65. The molecule has 2 unspecified atom stereocenters. The van der Waals surface area contributed by atoms with Crippen LogP contribution in [0.4, 0.5) is 0 Å². The Morgan fingerprint density at radius 3 is 1.65 bits per heavy atom. The largest absolute Gasteiger partial charge is 0.508 e. The first kappa shape index (κ1) is 21.5. The lowest BCUT2D eigenvalue weighted by Crippen LogP contribution is -2.23. The Morgan fingerprint density at radius 2 is 1.06 bits per heavy atom. The number of hydrogen-bond donors (Lipinski definition) is 6. The molecule has 4 aromatic carbocycles. The van der Waals surface area contributed by atoms with Gasteiger partial charge in [-0.1, -0.05) is 31.2 Å². The van der Waals surface area contributed by atoms with E-state index in [0.29, 0.717) is 22.3 Å². The lowest BCUT2D eigenvalue weighted by Gasteiger charge is -2.38. The maximum Gasteiger partial charge on any atom is 0.123 e. The zero-order valence-electron chi connectivity index (χ0n) is 18.3. The van der Waals surface area contributed by atoms with E-state index in [2.05, 4.69) is 0 Å². The molecule has 0 aliphatic heterocycles. The van der Waals surface area contributed by atoms with Crippen molar-refractivity contribution in [2.24, 2.45) is 0 Å². The van der Waals surface area contributed by atoms with Crippen LogP contribution in [-0.4, -0.2) is 30.6 Å². The van der Waals surface area contributed by atoms with Gasteiger partial charge in [-0.15, -0.1) is 0 Å². The second kappa shape index (κ2) is 7.92. The van der Waals surface area contributed by atoms with E-state index in [9.17, 15) is 30.6 Å². The van der Waals surface area contributed by atoms with Gasteiger partial charge in [0.05, 0.1) is 0 Å². The van der Waals surface area contributed by atoms with E-state index >= 15 is 0 Å². The molecule has 0 fully saturated rings. The van der Waals surface area contributed by atoms with E-state index in [1.807, 2.05) is 6.92 Å². The molecule has 0 spiro atoms. The molecule has 0 saturated heterocycles. The van der Waals surface area contributed by atoms with E-state index in [-0.39, 0.29) is 40.4 Å². The maximum atomic E-state index is 11.1. The standard InChI is InChI=1S/C28H24O6/c1-14(15-2-6-17(29)7-3-15)25-21-10-19(31)13-24(34)28(21)26(16-4-8-18(30)9-5-16)22-11-20(32)12-23(33)27(22)25/h2-14,25-26,29-34H,1H3/t14?,25?,26-/m0/s1. The van der Waals surface area contributed by atoms with E-state index in [1.54, 1.807) is 60.7 Å². The fourth-order valence-corrected chi connectivity index (χ4v) is 5.25. The first-order chi connectivity index (χ1) is 16.2. The third kappa shape index (κ3) is 3.44. The van der Waals surface area contributed by atoms with Crippen molar-refractivity contribution in [3.05, 3.63) is 106 Å². The number of phenolic OH excluding ortho intramolecular Hbond substituents is 6. The average Bonchev–Trinajstić information content (AvgIpc) is 2.78. The van der Waals surface area contributed by atoms with Crippen LogP contribution in [0.5, 0.6) is 34.5 Å². The van der Waals surface area contributed by atoms with Gasteiger partial charge in [-0.3, -0.25) is 0 Å². The summed E-state index contributed by atoms with van der Waals surface area (Å²) in [4.78, 5) is 0. The summed E-state index contributed by atoms with van der Waals surface area (Å²) in [5.74, 6) is -1.46. The van der Waals surface area contributed by atoms with E-state index in [4.69, 9.17) is 0 Å². The predicted molar refractivity (Wildman–Crippen MR) is 127 cm³/mol. The molecule has 6 heteroatoms. The molecule has 0 bridgehead atoms. The Hall–Kier alpha value is -4.32. The monoisotopic (exact) mass is 456 g/mol. The van der Waals surface area contributed by atoms with Crippen molar-refractivity contribution in [1.29, 1.82) is 0 Å². The minimum absolute atomic E-state index is 0.0903. The molecule has 3 atom stereocenters. The van der Waals surface area contributed by atoms with Crippen LogP contribution in [0.2, 0.25) is 0 Å². The molecule has 4 aromatic rings. The van der Waals surface area contributed by atoms with E-state index in [1.165, 1.54) is 12.1 Å². The van der Waals surface area contributed by atoms with Gasteiger partial charge in [-0.25, -0.2) is 0 Å². The third-order valence-corrected chi connectivity index (χ3v) is 6.74. The summed E-state index contributed by atoms with van der Waals surface area (Å²) in [7, 11) is 0. The smallest absolute Gasteiger partial charge is 0.123 e. The molecule has 5 rings (SSSR count). The SMILES string of the molecule is CC(c1ccc(O)cc1)C1c2cc(O)cc(O)c2[C@@H](c2ccc(O)cc2)c2cc(O)cc(O)c21. The summed E-state index contributed by atoms with van der Waals surface area (Å²) in [6.07, 6.45) is 0. The molecule has 0 heterocycles. The lowest BCUT2D eigenvalue weighted by molar-refractivity contribution is 0.425. The molecule has 1 aliphatic carbocycles.